The molecular weight excluding hydrogens is 316 g/mol. The number of nitriles is 1. The highest BCUT2D eigenvalue weighted by atomic mass is 79.9. The van der Waals surface area contributed by atoms with Crippen LogP contribution >= 0.6 is 15.9 Å². The molecule has 2 rings (SSSR count). The fourth-order valence-corrected chi connectivity index (χ4v) is 2.52. The van der Waals surface area contributed by atoms with Crippen LogP contribution in [-0.4, -0.2) is 9.78 Å². The fraction of sp³-hybridized carbons (Fsp3) is 0.333. The lowest BCUT2D eigenvalue weighted by Crippen LogP contribution is -2.25. The molecule has 5 heteroatoms. The van der Waals surface area contributed by atoms with Crippen LogP contribution in [0.2, 0.25) is 0 Å². The molecule has 2 aromatic rings. The van der Waals surface area contributed by atoms with Gasteiger partial charge in [-0.05, 0) is 38.5 Å². The Morgan fingerprint density at radius 3 is 2.65 bits per heavy atom. The zero-order chi connectivity index (χ0) is 14.9. The van der Waals surface area contributed by atoms with Crippen LogP contribution in [0.5, 0.6) is 0 Å². The summed E-state index contributed by atoms with van der Waals surface area (Å²) < 4.78 is 2.73. The van der Waals surface area contributed by atoms with Crippen LogP contribution < -0.4 is 5.73 Å². The van der Waals surface area contributed by atoms with Gasteiger partial charge in [-0.1, -0.05) is 28.1 Å². The van der Waals surface area contributed by atoms with Gasteiger partial charge in [0.15, 0.2) is 0 Å². The summed E-state index contributed by atoms with van der Waals surface area (Å²) in [7, 11) is 0. The van der Waals surface area contributed by atoms with Gasteiger partial charge in [0, 0.05) is 10.9 Å². The van der Waals surface area contributed by atoms with E-state index in [4.69, 9.17) is 5.73 Å². The topological polar surface area (TPSA) is 67.6 Å². The lowest BCUT2D eigenvalue weighted by molar-refractivity contribution is 0.359. The minimum Gasteiger partial charge on any atom is -0.383 e. The third-order valence-corrected chi connectivity index (χ3v) is 3.49. The van der Waals surface area contributed by atoms with E-state index >= 15 is 0 Å². The molecule has 0 radical (unpaired) electrons. The Morgan fingerprint density at radius 1 is 1.40 bits per heavy atom. The van der Waals surface area contributed by atoms with Gasteiger partial charge in [-0.15, -0.1) is 0 Å². The number of anilines is 1. The Hall–Kier alpha value is -1.80. The summed E-state index contributed by atoms with van der Waals surface area (Å²) in [6.45, 7) is 6.04. The first-order valence-electron chi connectivity index (χ1n) is 6.35. The van der Waals surface area contributed by atoms with Crippen molar-refractivity contribution in [3.8, 4) is 6.07 Å². The molecule has 0 bridgehead atoms. The zero-order valence-electron chi connectivity index (χ0n) is 11.8. The largest absolute Gasteiger partial charge is 0.383 e. The van der Waals surface area contributed by atoms with Gasteiger partial charge < -0.3 is 5.73 Å². The first-order chi connectivity index (χ1) is 9.32. The smallest absolute Gasteiger partial charge is 0.140 e. The molecule has 0 aliphatic heterocycles. The molecule has 1 aromatic carbocycles. The summed E-state index contributed by atoms with van der Waals surface area (Å²) in [5.41, 5.74) is 8.09. The number of hydrogen-bond acceptors (Lipinski definition) is 3. The van der Waals surface area contributed by atoms with Crippen molar-refractivity contribution in [1.82, 2.24) is 9.78 Å². The zero-order valence-corrected chi connectivity index (χ0v) is 13.4. The van der Waals surface area contributed by atoms with E-state index in [-0.39, 0.29) is 5.54 Å². The molecule has 20 heavy (non-hydrogen) atoms. The molecule has 104 valence electrons. The van der Waals surface area contributed by atoms with Crippen LogP contribution in [0.3, 0.4) is 0 Å². The van der Waals surface area contributed by atoms with Gasteiger partial charge in [-0.3, -0.25) is 0 Å². The Morgan fingerprint density at radius 2 is 2.10 bits per heavy atom. The van der Waals surface area contributed by atoms with Crippen molar-refractivity contribution in [2.45, 2.75) is 32.7 Å². The van der Waals surface area contributed by atoms with Crippen LogP contribution in [0, 0.1) is 11.3 Å². The molecule has 0 aliphatic rings. The molecule has 1 aromatic heterocycles. The quantitative estimate of drug-likeness (QED) is 0.915. The van der Waals surface area contributed by atoms with Crippen molar-refractivity contribution in [2.75, 3.05) is 5.73 Å². The number of nitrogens with two attached hydrogens (primary N) is 1. The second-order valence-electron chi connectivity index (χ2n) is 5.71. The second-order valence-corrected chi connectivity index (χ2v) is 6.62. The van der Waals surface area contributed by atoms with E-state index in [1.807, 2.05) is 45.0 Å². The van der Waals surface area contributed by atoms with Crippen LogP contribution in [0.25, 0.3) is 0 Å². The summed E-state index contributed by atoms with van der Waals surface area (Å²) in [6.07, 6.45) is 0.593. The summed E-state index contributed by atoms with van der Waals surface area (Å²) in [4.78, 5) is 0. The normalized spacial score (nSPS) is 11.3. The molecule has 0 unspecified atom stereocenters. The van der Waals surface area contributed by atoms with Crippen molar-refractivity contribution >= 4 is 21.7 Å². The van der Waals surface area contributed by atoms with Crippen LogP contribution in [0.1, 0.15) is 37.6 Å². The lowest BCUT2D eigenvalue weighted by Gasteiger charge is -2.20. The standard InChI is InChI=1S/C15H17BrN4/c1-15(2,3)20-14(18)12(9-17)13(19-20)8-10-5-4-6-11(16)7-10/h4-7H,8,18H2,1-3H3. The lowest BCUT2D eigenvalue weighted by atomic mass is 10.1. The molecule has 0 atom stereocenters. The van der Waals surface area contributed by atoms with E-state index in [0.29, 0.717) is 17.8 Å². The maximum absolute atomic E-state index is 9.32. The molecule has 1 heterocycles. The molecule has 0 saturated carbocycles. The summed E-state index contributed by atoms with van der Waals surface area (Å²) in [6, 6.07) is 10.1. The molecule has 0 amide bonds. The van der Waals surface area contributed by atoms with Gasteiger partial charge in [0.05, 0.1) is 11.2 Å². The maximum Gasteiger partial charge on any atom is 0.140 e. The Labute approximate surface area is 127 Å². The second kappa shape index (κ2) is 5.29. The van der Waals surface area contributed by atoms with E-state index in [1.165, 1.54) is 0 Å². The molecular formula is C15H17BrN4. The van der Waals surface area contributed by atoms with Gasteiger partial charge in [-0.2, -0.15) is 10.4 Å². The summed E-state index contributed by atoms with van der Waals surface area (Å²) in [5.74, 6) is 0.435. The van der Waals surface area contributed by atoms with Gasteiger partial charge in [0.1, 0.15) is 17.5 Å². The summed E-state index contributed by atoms with van der Waals surface area (Å²) >= 11 is 3.45. The third kappa shape index (κ3) is 2.86. The average molecular weight is 333 g/mol. The van der Waals surface area contributed by atoms with Gasteiger partial charge in [0.2, 0.25) is 0 Å². The SMILES string of the molecule is CC(C)(C)n1nc(Cc2cccc(Br)c2)c(C#N)c1N. The number of halogens is 1. The number of nitrogen functional groups attached to an aromatic ring is 1. The number of benzene rings is 1. The summed E-state index contributed by atoms with van der Waals surface area (Å²) in [5, 5.41) is 13.8. The van der Waals surface area contributed by atoms with Crippen molar-refractivity contribution in [1.29, 1.82) is 5.26 Å². The van der Waals surface area contributed by atoms with E-state index in [1.54, 1.807) is 4.68 Å². The number of rotatable bonds is 2. The monoisotopic (exact) mass is 332 g/mol. The van der Waals surface area contributed by atoms with E-state index in [0.717, 1.165) is 15.7 Å². The van der Waals surface area contributed by atoms with Crippen molar-refractivity contribution < 1.29 is 0 Å². The van der Waals surface area contributed by atoms with E-state index in [2.05, 4.69) is 27.1 Å². The minimum atomic E-state index is -0.245. The van der Waals surface area contributed by atoms with Crippen LogP contribution in [0.4, 0.5) is 5.82 Å². The third-order valence-electron chi connectivity index (χ3n) is 3.00. The number of nitrogens with zero attached hydrogens (tertiary/aromatic N) is 3. The Bertz CT molecular complexity index is 674. The molecule has 4 nitrogen and oxygen atoms in total. The highest BCUT2D eigenvalue weighted by molar-refractivity contribution is 9.10. The minimum absolute atomic E-state index is 0.245. The van der Waals surface area contributed by atoms with E-state index < -0.39 is 0 Å². The Kier molecular flexibility index (Phi) is 3.87. The average Bonchev–Trinajstić information content (AvgIpc) is 2.65. The van der Waals surface area contributed by atoms with Gasteiger partial charge >= 0.3 is 0 Å². The molecule has 0 saturated heterocycles. The molecule has 0 spiro atoms. The van der Waals surface area contributed by atoms with Crippen LogP contribution in [0.15, 0.2) is 28.7 Å². The van der Waals surface area contributed by atoms with E-state index in [9.17, 15) is 5.26 Å². The van der Waals surface area contributed by atoms with Gasteiger partial charge in [-0.25, -0.2) is 4.68 Å². The predicted octanol–water partition coefficient (Wildman–Crippen LogP) is 3.45. The van der Waals surface area contributed by atoms with Crippen LogP contribution in [-0.2, 0) is 12.0 Å². The first-order valence-corrected chi connectivity index (χ1v) is 7.14. The molecule has 0 aliphatic carbocycles. The fourth-order valence-electron chi connectivity index (χ4n) is 2.08. The van der Waals surface area contributed by atoms with Crippen molar-refractivity contribution in [3.05, 3.63) is 45.6 Å². The Balaban J connectivity index is 2.45. The van der Waals surface area contributed by atoms with Crippen molar-refractivity contribution in [2.24, 2.45) is 0 Å². The number of hydrogen-bond donors (Lipinski definition) is 1. The molecule has 0 fully saturated rings. The highest BCUT2D eigenvalue weighted by Gasteiger charge is 2.23. The molecule has 2 N–H and O–H groups in total. The predicted molar refractivity (Wildman–Crippen MR) is 83.3 cm³/mol. The van der Waals surface area contributed by atoms with Gasteiger partial charge in [0.25, 0.3) is 0 Å². The highest BCUT2D eigenvalue weighted by Crippen LogP contribution is 2.25. The first kappa shape index (κ1) is 14.6. The number of aromatic nitrogens is 2. The maximum atomic E-state index is 9.32. The van der Waals surface area contributed by atoms with Crippen molar-refractivity contribution in [3.63, 3.8) is 0 Å².